The number of hydrogen-bond acceptors (Lipinski definition) is 2. The van der Waals surface area contributed by atoms with Crippen LogP contribution in [0.5, 0.6) is 0 Å². The first kappa shape index (κ1) is 17.1. The molecule has 4 rings (SSSR count). The highest BCUT2D eigenvalue weighted by Crippen LogP contribution is 2.41. The van der Waals surface area contributed by atoms with E-state index < -0.39 is 8.18 Å². The van der Waals surface area contributed by atoms with Crippen LogP contribution >= 0.6 is 0 Å². The normalized spacial score (nSPS) is 36.8. The second-order valence-electron chi connectivity index (χ2n) is 8.35. The van der Waals surface area contributed by atoms with Crippen LogP contribution in [0.25, 0.3) is 0 Å². The van der Waals surface area contributed by atoms with Crippen molar-refractivity contribution in [1.82, 2.24) is 4.90 Å². The molecule has 0 N–H and O–H groups in total. The molecule has 1 unspecified atom stereocenters. The van der Waals surface area contributed by atoms with Crippen LogP contribution in [0.15, 0.2) is 18.2 Å². The summed E-state index contributed by atoms with van der Waals surface area (Å²) in [6.07, 6.45) is 9.34. The Morgan fingerprint density at radius 1 is 1.21 bits per heavy atom. The molecule has 3 heteroatoms. The van der Waals surface area contributed by atoms with Crippen LogP contribution in [0.1, 0.15) is 67.1 Å². The lowest BCUT2D eigenvalue weighted by Gasteiger charge is -2.28. The van der Waals surface area contributed by atoms with Gasteiger partial charge in [0.15, 0.2) is 0 Å². The molecule has 0 saturated carbocycles. The van der Waals surface area contributed by atoms with Crippen molar-refractivity contribution in [2.24, 2.45) is 0 Å². The summed E-state index contributed by atoms with van der Waals surface area (Å²) >= 11 is 5.65. The molecule has 1 aromatic rings. The first-order valence-corrected chi connectivity index (χ1v) is 12.7. The van der Waals surface area contributed by atoms with Crippen molar-refractivity contribution >= 4 is 25.2 Å². The summed E-state index contributed by atoms with van der Waals surface area (Å²) in [5.74, 6) is 8.18. The molecule has 1 aliphatic carbocycles. The Hall–Kier alpha value is -0.380. The lowest BCUT2D eigenvalue weighted by Crippen LogP contribution is -2.26. The summed E-state index contributed by atoms with van der Waals surface area (Å²) in [4.78, 5) is 2.59. The molecule has 0 amide bonds. The Morgan fingerprint density at radius 3 is 2.71 bits per heavy atom. The minimum Gasteiger partial charge on any atom is -0.303 e. The summed E-state index contributed by atoms with van der Waals surface area (Å²) in [6, 6.07) is 8.26. The zero-order valence-electron chi connectivity index (χ0n) is 15.0. The molecule has 2 fully saturated rings. The van der Waals surface area contributed by atoms with E-state index in [2.05, 4.69) is 36.0 Å². The van der Waals surface area contributed by atoms with E-state index in [9.17, 15) is 0 Å². The number of benzene rings is 1. The fourth-order valence-electron chi connectivity index (χ4n) is 5.10. The third kappa shape index (κ3) is 3.45. The SMILES string of the molecule is C=S1(=S)CCC(c2ccc3c(c2)C(C[C@H]2CCCN2C)CC3)CC1. The van der Waals surface area contributed by atoms with Gasteiger partial charge in [-0.3, -0.25) is 0 Å². The van der Waals surface area contributed by atoms with Crippen LogP contribution < -0.4 is 0 Å². The van der Waals surface area contributed by atoms with Gasteiger partial charge in [-0.15, -0.1) is 0 Å². The fraction of sp³-hybridized carbons (Fsp3) is 0.667. The van der Waals surface area contributed by atoms with Gasteiger partial charge < -0.3 is 4.90 Å². The van der Waals surface area contributed by atoms with Gasteiger partial charge in [-0.05, 0) is 98.6 Å². The van der Waals surface area contributed by atoms with E-state index in [4.69, 9.17) is 11.2 Å². The average Bonchev–Trinajstić information content (AvgIpc) is 3.14. The molecule has 1 nitrogen and oxygen atoms in total. The third-order valence-corrected chi connectivity index (χ3v) is 9.71. The summed E-state index contributed by atoms with van der Waals surface area (Å²) in [5, 5.41) is 0. The number of nitrogens with zero attached hydrogens (tertiary/aromatic N) is 1. The van der Waals surface area contributed by atoms with Gasteiger partial charge in [0.05, 0.1) is 0 Å². The summed E-state index contributed by atoms with van der Waals surface area (Å²) in [7, 11) is 1.37. The zero-order valence-corrected chi connectivity index (χ0v) is 16.6. The third-order valence-electron chi connectivity index (χ3n) is 6.75. The molecule has 24 heavy (non-hydrogen) atoms. The summed E-state index contributed by atoms with van der Waals surface area (Å²) < 4.78 is 0. The molecule has 0 bridgehead atoms. The minimum atomic E-state index is -0.940. The quantitative estimate of drug-likeness (QED) is 0.745. The number of fused-ring (bicyclic) bond motifs is 1. The molecule has 2 heterocycles. The summed E-state index contributed by atoms with van der Waals surface area (Å²) in [5.41, 5.74) is 4.90. The van der Waals surface area contributed by atoms with Gasteiger partial charge in [0.2, 0.25) is 0 Å². The van der Waals surface area contributed by atoms with E-state index in [1.165, 1.54) is 63.0 Å². The van der Waals surface area contributed by atoms with Gasteiger partial charge >= 0.3 is 0 Å². The van der Waals surface area contributed by atoms with Gasteiger partial charge in [-0.1, -0.05) is 35.3 Å². The molecule has 3 aliphatic rings. The Kier molecular flexibility index (Phi) is 4.79. The second kappa shape index (κ2) is 6.74. The summed E-state index contributed by atoms with van der Waals surface area (Å²) in [6.45, 7) is 1.29. The maximum Gasteiger partial charge on any atom is 0.00985 e. The first-order chi connectivity index (χ1) is 11.5. The smallest absolute Gasteiger partial charge is 0.00985 e. The molecule has 2 saturated heterocycles. The largest absolute Gasteiger partial charge is 0.303 e. The van der Waals surface area contributed by atoms with E-state index in [-0.39, 0.29) is 0 Å². The van der Waals surface area contributed by atoms with Gasteiger partial charge in [0.25, 0.3) is 0 Å². The average molecular weight is 362 g/mol. The van der Waals surface area contributed by atoms with E-state index in [0.29, 0.717) is 0 Å². The highest BCUT2D eigenvalue weighted by Gasteiger charge is 2.30. The molecule has 0 spiro atoms. The van der Waals surface area contributed by atoms with Crippen molar-refractivity contribution < 1.29 is 0 Å². The molecule has 0 aromatic heterocycles. The standard InChI is InChI=1S/C21H31NS2/c1-22-11-3-4-20(22)14-19-8-6-17-5-7-18(15-21(17)19)16-9-12-24(2,23)13-10-16/h5,7,15-16,19-20H,2-4,6,8-14H2,1H3/t16?,19?,20-,24?/m1/s1. The molecule has 0 radical (unpaired) electrons. The van der Waals surface area contributed by atoms with Gasteiger partial charge in [-0.2, -0.15) is 8.18 Å². The van der Waals surface area contributed by atoms with Gasteiger partial charge in [0, 0.05) is 6.04 Å². The fourth-order valence-corrected chi connectivity index (χ4v) is 7.31. The molecule has 2 atom stereocenters. The van der Waals surface area contributed by atoms with Crippen LogP contribution in [-0.4, -0.2) is 41.9 Å². The number of rotatable bonds is 3. The number of likely N-dealkylation sites (tertiary alicyclic amines) is 1. The van der Waals surface area contributed by atoms with E-state index >= 15 is 0 Å². The van der Waals surface area contributed by atoms with Crippen LogP contribution in [0.2, 0.25) is 0 Å². The highest BCUT2D eigenvalue weighted by atomic mass is 32.8. The molecular weight excluding hydrogens is 330 g/mol. The maximum atomic E-state index is 5.65. The zero-order chi connectivity index (χ0) is 16.7. The lowest BCUT2D eigenvalue weighted by atomic mass is 9.87. The molecule has 2 aliphatic heterocycles. The van der Waals surface area contributed by atoms with Crippen molar-refractivity contribution in [2.45, 2.75) is 62.8 Å². The number of aryl methyl sites for hydroxylation is 1. The molecular formula is C21H31NS2. The lowest BCUT2D eigenvalue weighted by molar-refractivity contribution is 0.281. The van der Waals surface area contributed by atoms with Crippen LogP contribution in [0.4, 0.5) is 0 Å². The van der Waals surface area contributed by atoms with Crippen molar-refractivity contribution in [2.75, 3.05) is 25.1 Å². The molecule has 1 aromatic carbocycles. The monoisotopic (exact) mass is 361 g/mol. The predicted octanol–water partition coefficient (Wildman–Crippen LogP) is 4.13. The maximum absolute atomic E-state index is 5.65. The van der Waals surface area contributed by atoms with Crippen LogP contribution in [0, 0.1) is 0 Å². The Balaban J connectivity index is 1.51. The minimum absolute atomic E-state index is 0.732. The number of hydrogen-bond donors (Lipinski definition) is 0. The highest BCUT2D eigenvalue weighted by molar-refractivity contribution is 8.38. The van der Waals surface area contributed by atoms with E-state index in [0.717, 1.165) is 17.9 Å². The van der Waals surface area contributed by atoms with Crippen LogP contribution in [0.3, 0.4) is 0 Å². The van der Waals surface area contributed by atoms with Gasteiger partial charge in [0.1, 0.15) is 0 Å². The Bertz CT molecular complexity index is 693. The van der Waals surface area contributed by atoms with Crippen molar-refractivity contribution in [3.63, 3.8) is 0 Å². The van der Waals surface area contributed by atoms with Crippen LogP contribution in [-0.2, 0) is 25.8 Å². The molecule has 132 valence electrons. The van der Waals surface area contributed by atoms with E-state index in [1.54, 1.807) is 16.7 Å². The van der Waals surface area contributed by atoms with Crippen molar-refractivity contribution in [1.29, 1.82) is 0 Å². The van der Waals surface area contributed by atoms with Crippen molar-refractivity contribution in [3.8, 4) is 0 Å². The first-order valence-electron chi connectivity index (χ1n) is 9.67. The predicted molar refractivity (Wildman–Crippen MR) is 111 cm³/mol. The Labute approximate surface area is 153 Å². The van der Waals surface area contributed by atoms with Gasteiger partial charge in [-0.25, -0.2) is 0 Å². The second-order valence-corrected chi connectivity index (χ2v) is 13.2. The van der Waals surface area contributed by atoms with Crippen molar-refractivity contribution in [3.05, 3.63) is 34.9 Å². The Morgan fingerprint density at radius 2 is 2.00 bits per heavy atom. The topological polar surface area (TPSA) is 3.24 Å². The van der Waals surface area contributed by atoms with E-state index in [1.807, 2.05) is 0 Å².